The smallest absolute Gasteiger partial charge is 0.0978 e. The van der Waals surface area contributed by atoms with Crippen molar-refractivity contribution in [2.75, 3.05) is 5.84 Å². The second-order valence-electron chi connectivity index (χ2n) is 3.64. The highest BCUT2D eigenvalue weighted by Gasteiger charge is 2.18. The SMILES string of the molecule is Nn1cc2c(n1)-c1ccccc1CC2. The Morgan fingerprint density at radius 2 is 1.93 bits per heavy atom. The Balaban J connectivity index is 2.28. The molecule has 2 aromatic rings. The molecular formula is C11H11N3. The summed E-state index contributed by atoms with van der Waals surface area (Å²) in [6, 6.07) is 8.39. The molecule has 2 N–H and O–H groups in total. The maximum absolute atomic E-state index is 5.62. The van der Waals surface area contributed by atoms with Crippen LogP contribution in [-0.4, -0.2) is 9.89 Å². The maximum Gasteiger partial charge on any atom is 0.0978 e. The van der Waals surface area contributed by atoms with Crippen molar-refractivity contribution >= 4 is 0 Å². The largest absolute Gasteiger partial charge is 0.323 e. The number of nitrogen functional groups attached to an aromatic ring is 1. The number of nitrogens with zero attached hydrogens (tertiary/aromatic N) is 2. The first-order valence-corrected chi connectivity index (χ1v) is 4.76. The number of aromatic nitrogens is 2. The Morgan fingerprint density at radius 1 is 1.14 bits per heavy atom. The molecule has 0 aliphatic heterocycles. The summed E-state index contributed by atoms with van der Waals surface area (Å²) in [4.78, 5) is 1.41. The van der Waals surface area contributed by atoms with Crippen LogP contribution in [0.25, 0.3) is 11.3 Å². The molecule has 3 rings (SSSR count). The highest BCUT2D eigenvalue weighted by Crippen LogP contribution is 2.31. The molecule has 1 aliphatic carbocycles. The van der Waals surface area contributed by atoms with Crippen LogP contribution in [0.1, 0.15) is 11.1 Å². The third-order valence-electron chi connectivity index (χ3n) is 2.74. The van der Waals surface area contributed by atoms with E-state index in [1.165, 1.54) is 21.5 Å². The topological polar surface area (TPSA) is 43.8 Å². The molecule has 3 heteroatoms. The van der Waals surface area contributed by atoms with Crippen molar-refractivity contribution in [3.63, 3.8) is 0 Å². The molecule has 1 aromatic heterocycles. The van der Waals surface area contributed by atoms with Gasteiger partial charge in [0.25, 0.3) is 0 Å². The van der Waals surface area contributed by atoms with Gasteiger partial charge >= 0.3 is 0 Å². The number of rotatable bonds is 0. The summed E-state index contributed by atoms with van der Waals surface area (Å²) in [6.07, 6.45) is 4.05. The molecule has 0 saturated carbocycles. The van der Waals surface area contributed by atoms with Gasteiger partial charge in [0.2, 0.25) is 0 Å². The second-order valence-corrected chi connectivity index (χ2v) is 3.64. The van der Waals surface area contributed by atoms with Crippen LogP contribution >= 0.6 is 0 Å². The first kappa shape index (κ1) is 7.62. The van der Waals surface area contributed by atoms with Crippen LogP contribution in [0, 0.1) is 0 Å². The first-order chi connectivity index (χ1) is 6.84. The standard InChI is InChI=1S/C11H11N3/c12-14-7-9-6-5-8-3-1-2-4-10(8)11(9)13-14/h1-4,7H,5-6,12H2. The number of fused-ring (bicyclic) bond motifs is 3. The molecule has 0 bridgehead atoms. The van der Waals surface area contributed by atoms with E-state index in [1.54, 1.807) is 0 Å². The fraction of sp³-hybridized carbons (Fsp3) is 0.182. The molecule has 14 heavy (non-hydrogen) atoms. The van der Waals surface area contributed by atoms with E-state index in [4.69, 9.17) is 5.84 Å². The molecule has 0 saturated heterocycles. The maximum atomic E-state index is 5.62. The molecule has 1 aromatic carbocycles. The van der Waals surface area contributed by atoms with Gasteiger partial charge in [0.1, 0.15) is 0 Å². The highest BCUT2D eigenvalue weighted by molar-refractivity contribution is 5.69. The second kappa shape index (κ2) is 2.61. The van der Waals surface area contributed by atoms with Gasteiger partial charge in [0.05, 0.1) is 11.9 Å². The van der Waals surface area contributed by atoms with E-state index in [0.29, 0.717) is 0 Å². The van der Waals surface area contributed by atoms with Crippen LogP contribution in [0.15, 0.2) is 30.5 Å². The van der Waals surface area contributed by atoms with Crippen molar-refractivity contribution in [3.05, 3.63) is 41.6 Å². The van der Waals surface area contributed by atoms with E-state index in [2.05, 4.69) is 23.3 Å². The monoisotopic (exact) mass is 185 g/mol. The van der Waals surface area contributed by atoms with Crippen LogP contribution < -0.4 is 5.84 Å². The van der Waals surface area contributed by atoms with Gasteiger partial charge < -0.3 is 5.84 Å². The van der Waals surface area contributed by atoms with Gasteiger partial charge in [-0.15, -0.1) is 0 Å². The highest BCUT2D eigenvalue weighted by atomic mass is 15.5. The summed E-state index contributed by atoms with van der Waals surface area (Å²) in [5, 5.41) is 4.29. The summed E-state index contributed by atoms with van der Waals surface area (Å²) in [5.74, 6) is 5.62. The van der Waals surface area contributed by atoms with Crippen LogP contribution in [0.4, 0.5) is 0 Å². The number of nitrogens with two attached hydrogens (primary N) is 1. The van der Waals surface area contributed by atoms with Gasteiger partial charge in [-0.05, 0) is 18.4 Å². The van der Waals surface area contributed by atoms with Crippen molar-refractivity contribution in [2.24, 2.45) is 0 Å². The van der Waals surface area contributed by atoms with Crippen LogP contribution in [0.3, 0.4) is 0 Å². The van der Waals surface area contributed by atoms with E-state index in [0.717, 1.165) is 18.5 Å². The van der Waals surface area contributed by atoms with Crippen molar-refractivity contribution in [1.29, 1.82) is 0 Å². The fourth-order valence-corrected chi connectivity index (χ4v) is 2.08. The Morgan fingerprint density at radius 3 is 2.86 bits per heavy atom. The van der Waals surface area contributed by atoms with Gasteiger partial charge in [0, 0.05) is 11.1 Å². The van der Waals surface area contributed by atoms with Crippen molar-refractivity contribution in [1.82, 2.24) is 9.89 Å². The van der Waals surface area contributed by atoms with Crippen molar-refractivity contribution in [2.45, 2.75) is 12.8 Å². The molecule has 0 fully saturated rings. The number of benzene rings is 1. The zero-order chi connectivity index (χ0) is 9.54. The molecule has 3 nitrogen and oxygen atoms in total. The minimum Gasteiger partial charge on any atom is -0.323 e. The summed E-state index contributed by atoms with van der Waals surface area (Å²) < 4.78 is 0. The molecule has 1 heterocycles. The predicted molar refractivity (Wildman–Crippen MR) is 55.2 cm³/mol. The summed E-state index contributed by atoms with van der Waals surface area (Å²) in [5.41, 5.74) is 4.91. The third-order valence-corrected chi connectivity index (χ3v) is 2.74. The fourth-order valence-electron chi connectivity index (χ4n) is 2.08. The van der Waals surface area contributed by atoms with E-state index < -0.39 is 0 Å². The van der Waals surface area contributed by atoms with Gasteiger partial charge in [-0.3, -0.25) is 0 Å². The molecule has 1 aliphatic rings. The van der Waals surface area contributed by atoms with Gasteiger partial charge in [-0.25, -0.2) is 0 Å². The Labute approximate surface area is 82.1 Å². The van der Waals surface area contributed by atoms with E-state index in [9.17, 15) is 0 Å². The number of aryl methyl sites for hydroxylation is 2. The lowest BCUT2D eigenvalue weighted by Gasteiger charge is -2.13. The summed E-state index contributed by atoms with van der Waals surface area (Å²) in [6.45, 7) is 0. The zero-order valence-electron chi connectivity index (χ0n) is 7.77. The average Bonchev–Trinajstić information content (AvgIpc) is 2.59. The Kier molecular flexibility index (Phi) is 1.42. The minimum atomic E-state index is 1.05. The van der Waals surface area contributed by atoms with Gasteiger partial charge in [-0.1, -0.05) is 24.3 Å². The lowest BCUT2D eigenvalue weighted by Crippen LogP contribution is -2.07. The van der Waals surface area contributed by atoms with Crippen LogP contribution in [0.2, 0.25) is 0 Å². The van der Waals surface area contributed by atoms with Crippen LogP contribution in [-0.2, 0) is 12.8 Å². The Bertz CT molecular complexity index is 485. The number of hydrogen-bond acceptors (Lipinski definition) is 2. The molecular weight excluding hydrogens is 174 g/mol. The first-order valence-electron chi connectivity index (χ1n) is 4.76. The average molecular weight is 185 g/mol. The lowest BCUT2D eigenvalue weighted by molar-refractivity contribution is 0.835. The molecule has 70 valence electrons. The third kappa shape index (κ3) is 0.954. The molecule has 0 unspecified atom stereocenters. The van der Waals surface area contributed by atoms with Gasteiger partial charge in [0.15, 0.2) is 0 Å². The van der Waals surface area contributed by atoms with E-state index in [-0.39, 0.29) is 0 Å². The lowest BCUT2D eigenvalue weighted by atomic mass is 9.91. The summed E-state index contributed by atoms with van der Waals surface area (Å²) in [7, 11) is 0. The molecule has 0 spiro atoms. The van der Waals surface area contributed by atoms with Crippen LogP contribution in [0.5, 0.6) is 0 Å². The molecule has 0 atom stereocenters. The van der Waals surface area contributed by atoms with Crippen molar-refractivity contribution in [3.8, 4) is 11.3 Å². The van der Waals surface area contributed by atoms with E-state index in [1.807, 2.05) is 12.3 Å². The molecule has 0 amide bonds. The van der Waals surface area contributed by atoms with E-state index >= 15 is 0 Å². The predicted octanol–water partition coefficient (Wildman–Crippen LogP) is 1.36. The zero-order valence-corrected chi connectivity index (χ0v) is 7.77. The molecule has 0 radical (unpaired) electrons. The van der Waals surface area contributed by atoms with Gasteiger partial charge in [-0.2, -0.15) is 9.89 Å². The quantitative estimate of drug-likeness (QED) is 0.630. The number of hydrogen-bond donors (Lipinski definition) is 1. The Hall–Kier alpha value is -1.77. The minimum absolute atomic E-state index is 1.05. The summed E-state index contributed by atoms with van der Waals surface area (Å²) >= 11 is 0. The van der Waals surface area contributed by atoms with Crippen molar-refractivity contribution < 1.29 is 0 Å². The normalized spacial score (nSPS) is 13.4.